The van der Waals surface area contributed by atoms with Crippen molar-refractivity contribution in [2.45, 2.75) is 33.0 Å². The van der Waals surface area contributed by atoms with Crippen LogP contribution in [0.15, 0.2) is 42.6 Å². The Kier molecular flexibility index (Phi) is 5.39. The van der Waals surface area contributed by atoms with Crippen molar-refractivity contribution >= 4 is 11.6 Å². The van der Waals surface area contributed by atoms with E-state index in [2.05, 4.69) is 24.1 Å². The molecule has 0 aliphatic rings. The number of aromatic nitrogens is 1. The second-order valence-electron chi connectivity index (χ2n) is 4.96. The third-order valence-corrected chi connectivity index (χ3v) is 3.02. The number of nitrogens with one attached hydrogen (secondary N) is 1. The van der Waals surface area contributed by atoms with Crippen LogP contribution in [0.25, 0.3) is 0 Å². The lowest BCUT2D eigenvalue weighted by atomic mass is 10.2. The quantitative estimate of drug-likeness (QED) is 0.878. The number of nitrogens with zero attached hydrogens (tertiary/aromatic N) is 1. The Labute approximate surface area is 124 Å². The van der Waals surface area contributed by atoms with Crippen molar-refractivity contribution in [2.75, 3.05) is 0 Å². The summed E-state index contributed by atoms with van der Waals surface area (Å²) in [4.78, 5) is 4.30. The average Bonchev–Trinajstić information content (AvgIpc) is 2.44. The van der Waals surface area contributed by atoms with E-state index in [0.717, 1.165) is 17.7 Å². The molecule has 0 fully saturated rings. The standard InChI is InChI=1S/C16H19ClN2O/c1-12(2)18-9-14-6-7-16(19-10-14)20-11-13-4-3-5-15(17)8-13/h3-8,10,12,18H,9,11H2,1-2H3. The van der Waals surface area contributed by atoms with Crippen LogP contribution < -0.4 is 10.1 Å². The number of halogens is 1. The Morgan fingerprint density at radius 3 is 2.70 bits per heavy atom. The van der Waals surface area contributed by atoms with Crippen LogP contribution in [0, 0.1) is 0 Å². The van der Waals surface area contributed by atoms with E-state index in [4.69, 9.17) is 16.3 Å². The van der Waals surface area contributed by atoms with Crippen LogP contribution in [0.3, 0.4) is 0 Å². The molecule has 20 heavy (non-hydrogen) atoms. The van der Waals surface area contributed by atoms with Crippen molar-refractivity contribution in [3.63, 3.8) is 0 Å². The first kappa shape index (κ1) is 14.8. The molecule has 1 aromatic heterocycles. The number of hydrogen-bond donors (Lipinski definition) is 1. The van der Waals surface area contributed by atoms with Gasteiger partial charge in [0.05, 0.1) is 0 Å². The largest absolute Gasteiger partial charge is 0.473 e. The van der Waals surface area contributed by atoms with Crippen LogP contribution in [0.2, 0.25) is 5.02 Å². The molecule has 0 amide bonds. The zero-order valence-electron chi connectivity index (χ0n) is 11.8. The molecule has 1 heterocycles. The van der Waals surface area contributed by atoms with Gasteiger partial charge in [-0.05, 0) is 23.3 Å². The Bertz CT molecular complexity index is 540. The van der Waals surface area contributed by atoms with Crippen molar-refractivity contribution in [1.82, 2.24) is 10.3 Å². The molecule has 0 radical (unpaired) electrons. The van der Waals surface area contributed by atoms with Crippen LogP contribution in [0.5, 0.6) is 5.88 Å². The van der Waals surface area contributed by atoms with Crippen molar-refractivity contribution in [2.24, 2.45) is 0 Å². The molecule has 0 atom stereocenters. The van der Waals surface area contributed by atoms with E-state index < -0.39 is 0 Å². The molecule has 0 aliphatic carbocycles. The molecule has 106 valence electrons. The van der Waals surface area contributed by atoms with Gasteiger partial charge in [0.1, 0.15) is 6.61 Å². The number of pyridine rings is 1. The van der Waals surface area contributed by atoms with E-state index in [1.165, 1.54) is 0 Å². The van der Waals surface area contributed by atoms with Gasteiger partial charge in [0.2, 0.25) is 5.88 Å². The average molecular weight is 291 g/mol. The first-order chi connectivity index (χ1) is 9.63. The van der Waals surface area contributed by atoms with E-state index in [1.54, 1.807) is 0 Å². The maximum atomic E-state index is 5.93. The van der Waals surface area contributed by atoms with Gasteiger partial charge >= 0.3 is 0 Å². The summed E-state index contributed by atoms with van der Waals surface area (Å²) in [6, 6.07) is 12.0. The summed E-state index contributed by atoms with van der Waals surface area (Å²) in [5.41, 5.74) is 2.18. The second kappa shape index (κ2) is 7.27. The number of rotatable bonds is 6. The lowest BCUT2D eigenvalue weighted by molar-refractivity contribution is 0.293. The number of benzene rings is 1. The maximum absolute atomic E-state index is 5.93. The van der Waals surface area contributed by atoms with Gasteiger partial charge in [0.15, 0.2) is 0 Å². The maximum Gasteiger partial charge on any atom is 0.213 e. The van der Waals surface area contributed by atoms with Crippen molar-refractivity contribution in [3.05, 3.63) is 58.7 Å². The molecule has 1 aromatic carbocycles. The molecule has 0 spiro atoms. The van der Waals surface area contributed by atoms with Gasteiger partial charge in [0, 0.05) is 29.9 Å². The summed E-state index contributed by atoms with van der Waals surface area (Å²) in [6.45, 7) is 5.53. The first-order valence-electron chi connectivity index (χ1n) is 6.69. The van der Waals surface area contributed by atoms with Crippen molar-refractivity contribution < 1.29 is 4.74 Å². The molecule has 0 aliphatic heterocycles. The van der Waals surface area contributed by atoms with E-state index >= 15 is 0 Å². The van der Waals surface area contributed by atoms with Crippen molar-refractivity contribution in [3.8, 4) is 5.88 Å². The number of ether oxygens (including phenoxy) is 1. The molecule has 0 unspecified atom stereocenters. The summed E-state index contributed by atoms with van der Waals surface area (Å²) in [6.07, 6.45) is 1.84. The van der Waals surface area contributed by atoms with Gasteiger partial charge in [-0.3, -0.25) is 0 Å². The van der Waals surface area contributed by atoms with Crippen LogP contribution in [-0.4, -0.2) is 11.0 Å². The number of hydrogen-bond acceptors (Lipinski definition) is 3. The van der Waals surface area contributed by atoms with Gasteiger partial charge in [0.25, 0.3) is 0 Å². The fraction of sp³-hybridized carbons (Fsp3) is 0.312. The van der Waals surface area contributed by atoms with Crippen LogP contribution >= 0.6 is 11.6 Å². The summed E-state index contributed by atoms with van der Waals surface area (Å²) >= 11 is 5.93. The van der Waals surface area contributed by atoms with Crippen LogP contribution in [0.1, 0.15) is 25.0 Å². The summed E-state index contributed by atoms with van der Waals surface area (Å²) in [7, 11) is 0. The smallest absolute Gasteiger partial charge is 0.213 e. The molecule has 2 rings (SSSR count). The highest BCUT2D eigenvalue weighted by Crippen LogP contribution is 2.14. The normalized spacial score (nSPS) is 10.8. The van der Waals surface area contributed by atoms with Gasteiger partial charge in [-0.15, -0.1) is 0 Å². The van der Waals surface area contributed by atoms with Crippen LogP contribution in [-0.2, 0) is 13.2 Å². The predicted molar refractivity (Wildman–Crippen MR) is 82.0 cm³/mol. The molecule has 0 bridgehead atoms. The fourth-order valence-corrected chi connectivity index (χ4v) is 1.92. The minimum Gasteiger partial charge on any atom is -0.473 e. The van der Waals surface area contributed by atoms with Crippen molar-refractivity contribution in [1.29, 1.82) is 0 Å². The van der Waals surface area contributed by atoms with Gasteiger partial charge < -0.3 is 10.1 Å². The van der Waals surface area contributed by atoms with Crippen LogP contribution in [0.4, 0.5) is 0 Å². The molecular weight excluding hydrogens is 272 g/mol. The fourth-order valence-electron chi connectivity index (χ4n) is 1.71. The zero-order valence-corrected chi connectivity index (χ0v) is 12.5. The minimum absolute atomic E-state index is 0.466. The van der Waals surface area contributed by atoms with E-state index in [9.17, 15) is 0 Å². The Balaban J connectivity index is 1.87. The lowest BCUT2D eigenvalue weighted by Gasteiger charge is -2.09. The molecular formula is C16H19ClN2O. The van der Waals surface area contributed by atoms with E-state index in [0.29, 0.717) is 23.6 Å². The second-order valence-corrected chi connectivity index (χ2v) is 5.40. The SMILES string of the molecule is CC(C)NCc1ccc(OCc2cccc(Cl)c2)nc1. The van der Waals surface area contributed by atoms with Gasteiger partial charge in [-0.2, -0.15) is 0 Å². The minimum atomic E-state index is 0.466. The van der Waals surface area contributed by atoms with Gasteiger partial charge in [-0.1, -0.05) is 43.6 Å². The molecule has 1 N–H and O–H groups in total. The third kappa shape index (κ3) is 4.83. The highest BCUT2D eigenvalue weighted by atomic mass is 35.5. The monoisotopic (exact) mass is 290 g/mol. The predicted octanol–water partition coefficient (Wildman–Crippen LogP) is 3.81. The highest BCUT2D eigenvalue weighted by molar-refractivity contribution is 6.30. The topological polar surface area (TPSA) is 34.1 Å². The molecule has 4 heteroatoms. The molecule has 2 aromatic rings. The molecule has 3 nitrogen and oxygen atoms in total. The molecule has 0 saturated heterocycles. The van der Waals surface area contributed by atoms with E-state index in [-0.39, 0.29) is 0 Å². The Morgan fingerprint density at radius 2 is 2.05 bits per heavy atom. The lowest BCUT2D eigenvalue weighted by Crippen LogP contribution is -2.21. The van der Waals surface area contributed by atoms with Gasteiger partial charge in [-0.25, -0.2) is 4.98 Å². The third-order valence-electron chi connectivity index (χ3n) is 2.79. The van der Waals surface area contributed by atoms with E-state index in [1.807, 2.05) is 42.6 Å². The molecule has 0 saturated carbocycles. The summed E-state index contributed by atoms with van der Waals surface area (Å²) < 4.78 is 5.64. The first-order valence-corrected chi connectivity index (χ1v) is 7.07. The zero-order chi connectivity index (χ0) is 14.4. The highest BCUT2D eigenvalue weighted by Gasteiger charge is 2.00. The Morgan fingerprint density at radius 1 is 1.20 bits per heavy atom. The summed E-state index contributed by atoms with van der Waals surface area (Å²) in [5.74, 6) is 0.623. The Hall–Kier alpha value is -1.58. The summed E-state index contributed by atoms with van der Waals surface area (Å²) in [5, 5.41) is 4.07.